The molecule has 2 aromatic carbocycles. The van der Waals surface area contributed by atoms with Gasteiger partial charge in [0.25, 0.3) is 0 Å². The normalized spacial score (nSPS) is 12.0. The first-order valence-corrected chi connectivity index (χ1v) is 6.04. The fourth-order valence-corrected chi connectivity index (χ4v) is 1.98. The Hall–Kier alpha value is -1.30. The van der Waals surface area contributed by atoms with Crippen LogP contribution in [-0.2, 0) is 11.8 Å². The van der Waals surface area contributed by atoms with Gasteiger partial charge in [-0.15, -0.1) is 0 Å². The summed E-state index contributed by atoms with van der Waals surface area (Å²) in [5, 5.41) is 2.71. The molecule has 84 valence electrons. The van der Waals surface area contributed by atoms with E-state index in [-0.39, 0.29) is 5.41 Å². The molecule has 0 heteroatoms. The highest BCUT2D eigenvalue weighted by Gasteiger charge is 2.13. The Bertz CT molecular complexity index is 501. The van der Waals surface area contributed by atoms with Crippen molar-refractivity contribution in [1.82, 2.24) is 0 Å². The summed E-state index contributed by atoms with van der Waals surface area (Å²) < 4.78 is 0. The van der Waals surface area contributed by atoms with Crippen molar-refractivity contribution in [2.75, 3.05) is 0 Å². The molecule has 0 aromatic heterocycles. The summed E-state index contributed by atoms with van der Waals surface area (Å²) in [6.45, 7) is 8.97. The number of benzene rings is 2. The van der Waals surface area contributed by atoms with Crippen molar-refractivity contribution < 1.29 is 0 Å². The third-order valence-corrected chi connectivity index (χ3v) is 3.18. The minimum Gasteiger partial charge on any atom is -0.0613 e. The van der Waals surface area contributed by atoms with Gasteiger partial charge in [0.15, 0.2) is 0 Å². The first-order chi connectivity index (χ1) is 7.50. The van der Waals surface area contributed by atoms with Gasteiger partial charge in [0.05, 0.1) is 0 Å². The molecule has 0 unspecified atom stereocenters. The molecule has 0 spiro atoms. The third kappa shape index (κ3) is 2.11. The second-order valence-corrected chi connectivity index (χ2v) is 5.50. The van der Waals surface area contributed by atoms with Crippen molar-refractivity contribution in [3.8, 4) is 0 Å². The van der Waals surface area contributed by atoms with Crippen LogP contribution in [0.25, 0.3) is 10.8 Å². The summed E-state index contributed by atoms with van der Waals surface area (Å²) >= 11 is 0. The van der Waals surface area contributed by atoms with E-state index in [0.717, 1.165) is 6.42 Å². The van der Waals surface area contributed by atoms with Gasteiger partial charge >= 0.3 is 0 Å². The van der Waals surface area contributed by atoms with Gasteiger partial charge in [-0.05, 0) is 33.7 Å². The topological polar surface area (TPSA) is 0 Å². The molecule has 0 aliphatic heterocycles. The maximum Gasteiger partial charge on any atom is -0.0132 e. The molecule has 2 rings (SSSR count). The van der Waals surface area contributed by atoms with Crippen LogP contribution in [0.4, 0.5) is 0 Å². The van der Waals surface area contributed by atoms with Gasteiger partial charge in [0.1, 0.15) is 0 Å². The summed E-state index contributed by atoms with van der Waals surface area (Å²) in [5.41, 5.74) is 3.05. The van der Waals surface area contributed by atoms with E-state index in [1.165, 1.54) is 21.9 Å². The maximum absolute atomic E-state index is 2.31. The second kappa shape index (κ2) is 3.93. The molecule has 0 bridgehead atoms. The number of rotatable bonds is 1. The number of aryl methyl sites for hydroxylation is 1. The van der Waals surface area contributed by atoms with E-state index in [0.29, 0.717) is 0 Å². The molecule has 0 saturated heterocycles. The van der Waals surface area contributed by atoms with Gasteiger partial charge in [-0.1, -0.05) is 64.1 Å². The van der Waals surface area contributed by atoms with Crippen LogP contribution in [0, 0.1) is 0 Å². The summed E-state index contributed by atoms with van der Waals surface area (Å²) in [4.78, 5) is 0. The van der Waals surface area contributed by atoms with Gasteiger partial charge in [0, 0.05) is 0 Å². The standard InChI is InChI=1S/C16H20/c1-5-12-6-7-14-11-15(16(2,3)4)9-8-13(14)10-12/h6-11H,5H2,1-4H3. The van der Waals surface area contributed by atoms with Crippen molar-refractivity contribution in [1.29, 1.82) is 0 Å². The fourth-order valence-electron chi connectivity index (χ4n) is 1.98. The predicted molar refractivity (Wildman–Crippen MR) is 72.0 cm³/mol. The van der Waals surface area contributed by atoms with Crippen molar-refractivity contribution in [2.24, 2.45) is 0 Å². The molecule has 0 heterocycles. The zero-order chi connectivity index (χ0) is 11.8. The Balaban J connectivity index is 2.56. The van der Waals surface area contributed by atoms with Gasteiger partial charge in [-0.3, -0.25) is 0 Å². The molecule has 0 radical (unpaired) electrons. The average Bonchev–Trinajstić information content (AvgIpc) is 2.26. The largest absolute Gasteiger partial charge is 0.0613 e. The lowest BCUT2D eigenvalue weighted by molar-refractivity contribution is 0.591. The van der Waals surface area contributed by atoms with Crippen LogP contribution in [0.2, 0.25) is 0 Å². The van der Waals surface area contributed by atoms with Crippen LogP contribution in [0.15, 0.2) is 36.4 Å². The number of hydrogen-bond acceptors (Lipinski definition) is 0. The fraction of sp³-hybridized carbons (Fsp3) is 0.375. The van der Waals surface area contributed by atoms with Crippen molar-refractivity contribution in [3.05, 3.63) is 47.5 Å². The Morgan fingerprint density at radius 1 is 0.875 bits per heavy atom. The smallest absolute Gasteiger partial charge is 0.0132 e. The van der Waals surface area contributed by atoms with Crippen LogP contribution in [0.1, 0.15) is 38.8 Å². The van der Waals surface area contributed by atoms with E-state index in [1.54, 1.807) is 0 Å². The molecule has 0 aliphatic carbocycles. The Morgan fingerprint density at radius 3 is 2.12 bits per heavy atom. The van der Waals surface area contributed by atoms with E-state index >= 15 is 0 Å². The minimum absolute atomic E-state index is 0.234. The minimum atomic E-state index is 0.234. The molecule has 0 aliphatic rings. The van der Waals surface area contributed by atoms with Crippen molar-refractivity contribution in [2.45, 2.75) is 39.5 Å². The zero-order valence-electron chi connectivity index (χ0n) is 10.7. The third-order valence-electron chi connectivity index (χ3n) is 3.18. The van der Waals surface area contributed by atoms with Crippen LogP contribution in [0.5, 0.6) is 0 Å². The van der Waals surface area contributed by atoms with E-state index in [1.807, 2.05) is 0 Å². The van der Waals surface area contributed by atoms with Crippen LogP contribution >= 0.6 is 0 Å². The van der Waals surface area contributed by atoms with E-state index in [2.05, 4.69) is 64.1 Å². The average molecular weight is 212 g/mol. The highest BCUT2D eigenvalue weighted by atomic mass is 14.2. The van der Waals surface area contributed by atoms with Gasteiger partial charge in [0.2, 0.25) is 0 Å². The molecular formula is C16H20. The SMILES string of the molecule is CCc1ccc2cc(C(C)(C)C)ccc2c1. The molecule has 0 N–H and O–H groups in total. The van der Waals surface area contributed by atoms with Gasteiger partial charge in [-0.2, -0.15) is 0 Å². The summed E-state index contributed by atoms with van der Waals surface area (Å²) in [6.07, 6.45) is 1.11. The van der Waals surface area contributed by atoms with Crippen LogP contribution < -0.4 is 0 Å². The molecular weight excluding hydrogens is 192 g/mol. The lowest BCUT2D eigenvalue weighted by atomic mass is 9.86. The number of fused-ring (bicyclic) bond motifs is 1. The zero-order valence-corrected chi connectivity index (χ0v) is 10.7. The highest BCUT2D eigenvalue weighted by Crippen LogP contribution is 2.26. The first-order valence-electron chi connectivity index (χ1n) is 6.04. The van der Waals surface area contributed by atoms with E-state index < -0.39 is 0 Å². The van der Waals surface area contributed by atoms with Crippen LogP contribution in [0.3, 0.4) is 0 Å². The van der Waals surface area contributed by atoms with Crippen molar-refractivity contribution in [3.63, 3.8) is 0 Å². The molecule has 0 amide bonds. The lowest BCUT2D eigenvalue weighted by Gasteiger charge is -2.19. The van der Waals surface area contributed by atoms with Crippen molar-refractivity contribution >= 4 is 10.8 Å². The number of hydrogen-bond donors (Lipinski definition) is 0. The first kappa shape index (κ1) is 11.2. The summed E-state index contributed by atoms with van der Waals surface area (Å²) in [7, 11) is 0. The van der Waals surface area contributed by atoms with Gasteiger partial charge in [-0.25, -0.2) is 0 Å². The molecule has 0 atom stereocenters. The molecule has 2 aromatic rings. The molecule has 0 nitrogen and oxygen atoms in total. The lowest BCUT2D eigenvalue weighted by Crippen LogP contribution is -2.10. The molecule has 0 saturated carbocycles. The summed E-state index contributed by atoms with van der Waals surface area (Å²) in [5.74, 6) is 0. The van der Waals surface area contributed by atoms with E-state index in [4.69, 9.17) is 0 Å². The molecule has 0 fully saturated rings. The quantitative estimate of drug-likeness (QED) is 0.642. The molecule has 16 heavy (non-hydrogen) atoms. The highest BCUT2D eigenvalue weighted by molar-refractivity contribution is 5.84. The Morgan fingerprint density at radius 2 is 1.50 bits per heavy atom. The van der Waals surface area contributed by atoms with Gasteiger partial charge < -0.3 is 0 Å². The predicted octanol–water partition coefficient (Wildman–Crippen LogP) is 4.70. The Labute approximate surface area is 98.3 Å². The monoisotopic (exact) mass is 212 g/mol. The summed E-state index contributed by atoms with van der Waals surface area (Å²) in [6, 6.07) is 13.6. The maximum atomic E-state index is 2.31. The second-order valence-electron chi connectivity index (χ2n) is 5.50. The van der Waals surface area contributed by atoms with Crippen LogP contribution in [-0.4, -0.2) is 0 Å². The van der Waals surface area contributed by atoms with E-state index in [9.17, 15) is 0 Å². The Kier molecular flexibility index (Phi) is 2.75.